The smallest absolute Gasteiger partial charge is 0.0278 e. The molecule has 2 nitrogen and oxygen atoms in total. The molecule has 0 saturated heterocycles. The summed E-state index contributed by atoms with van der Waals surface area (Å²) in [6.07, 6.45) is 4.70. The van der Waals surface area contributed by atoms with Crippen molar-refractivity contribution in [3.63, 3.8) is 0 Å². The van der Waals surface area contributed by atoms with E-state index in [0.29, 0.717) is 5.25 Å². The molecule has 0 radical (unpaired) electrons. The largest absolute Gasteiger partial charge is 0.330 e. The van der Waals surface area contributed by atoms with E-state index in [-0.39, 0.29) is 0 Å². The van der Waals surface area contributed by atoms with Crippen molar-refractivity contribution in [2.75, 3.05) is 6.54 Å². The first-order chi connectivity index (χ1) is 5.83. The number of hydrogen-bond donors (Lipinski definition) is 1. The minimum atomic E-state index is 0.595. The summed E-state index contributed by atoms with van der Waals surface area (Å²) in [5.41, 5.74) is 5.46. The van der Waals surface area contributed by atoms with E-state index in [4.69, 9.17) is 5.73 Å². The highest BCUT2D eigenvalue weighted by Crippen LogP contribution is 2.23. The van der Waals surface area contributed by atoms with Gasteiger partial charge in [-0.3, -0.25) is 4.98 Å². The molecule has 1 aromatic heterocycles. The second kappa shape index (κ2) is 5.17. The van der Waals surface area contributed by atoms with Crippen LogP contribution in [0.1, 0.15) is 13.3 Å². The molecule has 1 aromatic rings. The number of rotatable bonds is 4. The van der Waals surface area contributed by atoms with Crippen LogP contribution in [0.25, 0.3) is 0 Å². The predicted molar refractivity (Wildman–Crippen MR) is 53.2 cm³/mol. The van der Waals surface area contributed by atoms with Crippen LogP contribution in [0.15, 0.2) is 29.4 Å². The zero-order chi connectivity index (χ0) is 8.81. The molecule has 0 aliphatic carbocycles. The number of aromatic nitrogens is 1. The Bertz CT molecular complexity index is 213. The van der Waals surface area contributed by atoms with E-state index in [2.05, 4.69) is 11.9 Å². The highest BCUT2D eigenvalue weighted by molar-refractivity contribution is 7.99. The van der Waals surface area contributed by atoms with Crippen LogP contribution in [-0.4, -0.2) is 16.8 Å². The van der Waals surface area contributed by atoms with Crippen LogP contribution in [0.5, 0.6) is 0 Å². The third-order valence-corrected chi connectivity index (χ3v) is 2.74. The van der Waals surface area contributed by atoms with Crippen molar-refractivity contribution in [1.82, 2.24) is 4.98 Å². The zero-order valence-electron chi connectivity index (χ0n) is 7.23. The van der Waals surface area contributed by atoms with Crippen LogP contribution in [-0.2, 0) is 0 Å². The van der Waals surface area contributed by atoms with Gasteiger partial charge >= 0.3 is 0 Å². The van der Waals surface area contributed by atoms with Gasteiger partial charge < -0.3 is 5.73 Å². The number of nitrogens with two attached hydrogens (primary N) is 1. The minimum absolute atomic E-state index is 0.595. The summed E-state index contributed by atoms with van der Waals surface area (Å²) in [6.45, 7) is 2.96. The molecule has 0 amide bonds. The van der Waals surface area contributed by atoms with Gasteiger partial charge in [0.15, 0.2) is 0 Å². The van der Waals surface area contributed by atoms with E-state index in [1.54, 1.807) is 0 Å². The molecule has 1 rings (SSSR count). The normalized spacial score (nSPS) is 12.8. The Labute approximate surface area is 77.6 Å². The molecular formula is C9H14N2S. The second-order valence-electron chi connectivity index (χ2n) is 2.69. The molecular weight excluding hydrogens is 168 g/mol. The summed E-state index contributed by atoms with van der Waals surface area (Å²) in [5, 5.41) is 0.595. The first kappa shape index (κ1) is 9.55. The van der Waals surface area contributed by atoms with Crippen LogP contribution in [0.3, 0.4) is 0 Å². The van der Waals surface area contributed by atoms with Gasteiger partial charge in [-0.25, -0.2) is 0 Å². The highest BCUT2D eigenvalue weighted by atomic mass is 32.2. The maximum absolute atomic E-state index is 5.46. The van der Waals surface area contributed by atoms with Crippen LogP contribution in [0, 0.1) is 0 Å². The predicted octanol–water partition coefficient (Wildman–Crippen LogP) is 1.91. The Kier molecular flexibility index (Phi) is 4.11. The molecule has 1 unspecified atom stereocenters. The minimum Gasteiger partial charge on any atom is -0.330 e. The summed E-state index contributed by atoms with van der Waals surface area (Å²) in [5.74, 6) is 0. The average molecular weight is 182 g/mol. The number of thioether (sulfide) groups is 1. The Morgan fingerprint density at radius 1 is 1.50 bits per heavy atom. The Balaban J connectivity index is 2.41. The lowest BCUT2D eigenvalue weighted by Gasteiger charge is -2.08. The SMILES string of the molecule is CC(CCN)Sc1ccncc1. The molecule has 0 saturated carbocycles. The maximum Gasteiger partial charge on any atom is 0.0278 e. The summed E-state index contributed by atoms with van der Waals surface area (Å²) >= 11 is 1.85. The van der Waals surface area contributed by atoms with Crippen molar-refractivity contribution in [1.29, 1.82) is 0 Å². The van der Waals surface area contributed by atoms with Crippen molar-refractivity contribution in [2.45, 2.75) is 23.5 Å². The molecule has 66 valence electrons. The van der Waals surface area contributed by atoms with E-state index in [0.717, 1.165) is 13.0 Å². The summed E-state index contributed by atoms with van der Waals surface area (Å²) in [6, 6.07) is 4.05. The van der Waals surface area contributed by atoms with Crippen molar-refractivity contribution in [3.05, 3.63) is 24.5 Å². The standard InChI is InChI=1S/C9H14N2S/c1-8(2-5-10)12-9-3-6-11-7-4-9/h3-4,6-8H,2,5,10H2,1H3. The van der Waals surface area contributed by atoms with E-state index < -0.39 is 0 Å². The Hall–Kier alpha value is -0.540. The lowest BCUT2D eigenvalue weighted by molar-refractivity contribution is 0.823. The van der Waals surface area contributed by atoms with E-state index in [9.17, 15) is 0 Å². The molecule has 3 heteroatoms. The summed E-state index contributed by atoms with van der Waals surface area (Å²) in [4.78, 5) is 5.23. The van der Waals surface area contributed by atoms with Gasteiger partial charge in [-0.2, -0.15) is 0 Å². The first-order valence-electron chi connectivity index (χ1n) is 4.09. The number of hydrogen-bond acceptors (Lipinski definition) is 3. The van der Waals surface area contributed by atoms with Crippen molar-refractivity contribution < 1.29 is 0 Å². The molecule has 1 heterocycles. The molecule has 12 heavy (non-hydrogen) atoms. The lowest BCUT2D eigenvalue weighted by atomic mass is 10.3. The Morgan fingerprint density at radius 3 is 2.75 bits per heavy atom. The fourth-order valence-corrected chi connectivity index (χ4v) is 1.94. The molecule has 0 bridgehead atoms. The third kappa shape index (κ3) is 3.24. The average Bonchev–Trinajstić information content (AvgIpc) is 2.06. The number of nitrogens with zero attached hydrogens (tertiary/aromatic N) is 1. The van der Waals surface area contributed by atoms with Crippen LogP contribution in [0.2, 0.25) is 0 Å². The monoisotopic (exact) mass is 182 g/mol. The second-order valence-corrected chi connectivity index (χ2v) is 4.20. The third-order valence-electron chi connectivity index (χ3n) is 1.56. The van der Waals surface area contributed by atoms with Gasteiger partial charge in [0.1, 0.15) is 0 Å². The van der Waals surface area contributed by atoms with Crippen LogP contribution < -0.4 is 5.73 Å². The van der Waals surface area contributed by atoms with Crippen molar-refractivity contribution in [2.24, 2.45) is 5.73 Å². The van der Waals surface area contributed by atoms with Crippen molar-refractivity contribution >= 4 is 11.8 Å². The number of pyridine rings is 1. The topological polar surface area (TPSA) is 38.9 Å². The molecule has 2 N–H and O–H groups in total. The van der Waals surface area contributed by atoms with Crippen LogP contribution in [0.4, 0.5) is 0 Å². The van der Waals surface area contributed by atoms with Crippen molar-refractivity contribution in [3.8, 4) is 0 Å². The van der Waals surface area contributed by atoms with Crippen LogP contribution >= 0.6 is 11.8 Å². The Morgan fingerprint density at radius 2 is 2.17 bits per heavy atom. The maximum atomic E-state index is 5.46. The molecule has 0 fully saturated rings. The molecule has 0 spiro atoms. The van der Waals surface area contributed by atoms with E-state index >= 15 is 0 Å². The van der Waals surface area contributed by atoms with Gasteiger partial charge in [-0.05, 0) is 25.1 Å². The van der Waals surface area contributed by atoms with Gasteiger partial charge in [0.2, 0.25) is 0 Å². The molecule has 0 aliphatic rings. The molecule has 0 aliphatic heterocycles. The van der Waals surface area contributed by atoms with E-state index in [1.165, 1.54) is 4.90 Å². The zero-order valence-corrected chi connectivity index (χ0v) is 8.05. The summed E-state index contributed by atoms with van der Waals surface area (Å²) < 4.78 is 0. The molecule has 1 atom stereocenters. The van der Waals surface area contributed by atoms with Gasteiger partial charge in [-0.15, -0.1) is 11.8 Å². The highest BCUT2D eigenvalue weighted by Gasteiger charge is 2.01. The van der Waals surface area contributed by atoms with Gasteiger partial charge in [0.25, 0.3) is 0 Å². The fourth-order valence-electron chi connectivity index (χ4n) is 0.943. The van der Waals surface area contributed by atoms with Gasteiger partial charge in [0, 0.05) is 22.5 Å². The lowest BCUT2D eigenvalue weighted by Crippen LogP contribution is -2.06. The first-order valence-corrected chi connectivity index (χ1v) is 4.97. The van der Waals surface area contributed by atoms with Gasteiger partial charge in [-0.1, -0.05) is 6.92 Å². The van der Waals surface area contributed by atoms with Gasteiger partial charge in [0.05, 0.1) is 0 Å². The molecule has 0 aromatic carbocycles. The van der Waals surface area contributed by atoms with E-state index in [1.807, 2.05) is 36.3 Å². The quantitative estimate of drug-likeness (QED) is 0.723. The summed E-state index contributed by atoms with van der Waals surface area (Å²) in [7, 11) is 0. The fraction of sp³-hybridized carbons (Fsp3) is 0.444.